The molecule has 7 heteroatoms. The van der Waals surface area contributed by atoms with Gasteiger partial charge in [0.2, 0.25) is 5.91 Å². The summed E-state index contributed by atoms with van der Waals surface area (Å²) in [4.78, 5) is 22.6. The second-order valence-electron chi connectivity index (χ2n) is 7.20. The molecule has 2 aromatic heterocycles. The lowest BCUT2D eigenvalue weighted by Crippen LogP contribution is -2.39. The highest BCUT2D eigenvalue weighted by molar-refractivity contribution is 7.09. The van der Waals surface area contributed by atoms with Crippen molar-refractivity contribution in [3.63, 3.8) is 0 Å². The molecule has 1 aliphatic heterocycles. The van der Waals surface area contributed by atoms with Crippen LogP contribution >= 0.6 is 11.3 Å². The van der Waals surface area contributed by atoms with Crippen molar-refractivity contribution in [3.8, 4) is 11.5 Å². The highest BCUT2D eigenvalue weighted by atomic mass is 32.1. The van der Waals surface area contributed by atoms with Crippen molar-refractivity contribution in [1.82, 2.24) is 9.88 Å². The quantitative estimate of drug-likeness (QED) is 0.554. The molecule has 0 saturated heterocycles. The van der Waals surface area contributed by atoms with Crippen molar-refractivity contribution >= 4 is 22.9 Å². The molecule has 156 valence electrons. The summed E-state index contributed by atoms with van der Waals surface area (Å²) in [5, 5.41) is 2.03. The van der Waals surface area contributed by atoms with E-state index in [-0.39, 0.29) is 5.91 Å². The molecule has 0 saturated carbocycles. The van der Waals surface area contributed by atoms with Crippen LogP contribution in [0.5, 0.6) is 11.5 Å². The molecule has 3 heterocycles. The molecular formula is C23H25N3O3S. The van der Waals surface area contributed by atoms with E-state index in [1.807, 2.05) is 70.8 Å². The van der Waals surface area contributed by atoms with Crippen molar-refractivity contribution in [3.05, 3.63) is 70.7 Å². The summed E-state index contributed by atoms with van der Waals surface area (Å²) in [6, 6.07) is 15.7. The molecule has 0 spiro atoms. The fourth-order valence-corrected chi connectivity index (χ4v) is 4.02. The topological polar surface area (TPSA) is 54.9 Å². The van der Waals surface area contributed by atoms with Crippen LogP contribution in [0.25, 0.3) is 0 Å². The Morgan fingerprint density at radius 3 is 2.73 bits per heavy atom. The van der Waals surface area contributed by atoms with Gasteiger partial charge in [-0.25, -0.2) is 0 Å². The number of benzene rings is 1. The maximum absolute atomic E-state index is 13.3. The number of hydrogen-bond donors (Lipinski definition) is 0. The summed E-state index contributed by atoms with van der Waals surface area (Å²) >= 11 is 1.65. The Balaban J connectivity index is 1.47. The third-order valence-electron chi connectivity index (χ3n) is 4.91. The number of fused-ring (bicyclic) bond motifs is 1. The summed E-state index contributed by atoms with van der Waals surface area (Å²) in [6.07, 6.45) is 2.60. The summed E-state index contributed by atoms with van der Waals surface area (Å²) in [6.45, 7) is 2.68. The van der Waals surface area contributed by atoms with Gasteiger partial charge in [-0.15, -0.1) is 11.3 Å². The van der Waals surface area contributed by atoms with E-state index in [4.69, 9.17) is 9.47 Å². The number of thiophene rings is 1. The van der Waals surface area contributed by atoms with Crippen LogP contribution in [-0.2, 0) is 17.8 Å². The maximum atomic E-state index is 13.3. The van der Waals surface area contributed by atoms with E-state index in [2.05, 4.69) is 4.98 Å². The van der Waals surface area contributed by atoms with Gasteiger partial charge in [0.15, 0.2) is 11.5 Å². The minimum atomic E-state index is 0.0450. The van der Waals surface area contributed by atoms with Gasteiger partial charge in [-0.3, -0.25) is 14.7 Å². The SMILES string of the molecule is CN(CCc1ccccn1)CC(=O)N(Cc1cccs1)c1ccc2c(c1)OCCO2. The second kappa shape index (κ2) is 9.73. The fraction of sp³-hybridized carbons (Fsp3) is 0.304. The number of nitrogens with zero attached hydrogens (tertiary/aromatic N) is 3. The predicted octanol–water partition coefficient (Wildman–Crippen LogP) is 3.62. The maximum Gasteiger partial charge on any atom is 0.241 e. The van der Waals surface area contributed by atoms with E-state index in [1.165, 1.54) is 0 Å². The minimum Gasteiger partial charge on any atom is -0.486 e. The smallest absolute Gasteiger partial charge is 0.241 e. The minimum absolute atomic E-state index is 0.0450. The van der Waals surface area contributed by atoms with Gasteiger partial charge < -0.3 is 14.4 Å². The molecule has 1 amide bonds. The van der Waals surface area contributed by atoms with E-state index in [9.17, 15) is 4.79 Å². The third kappa shape index (κ3) is 5.17. The van der Waals surface area contributed by atoms with Crippen LogP contribution < -0.4 is 14.4 Å². The molecule has 0 atom stereocenters. The largest absolute Gasteiger partial charge is 0.486 e. The number of rotatable bonds is 8. The lowest BCUT2D eigenvalue weighted by Gasteiger charge is -2.27. The van der Waals surface area contributed by atoms with Gasteiger partial charge in [-0.05, 0) is 42.8 Å². The molecule has 1 aliphatic rings. The lowest BCUT2D eigenvalue weighted by atomic mass is 10.2. The fourth-order valence-electron chi connectivity index (χ4n) is 3.33. The number of pyridine rings is 1. The Labute approximate surface area is 180 Å². The number of anilines is 1. The van der Waals surface area contributed by atoms with Crippen LogP contribution in [0.3, 0.4) is 0 Å². The van der Waals surface area contributed by atoms with E-state index >= 15 is 0 Å². The van der Waals surface area contributed by atoms with Gasteiger partial charge in [-0.2, -0.15) is 0 Å². The summed E-state index contributed by atoms with van der Waals surface area (Å²) in [5.41, 5.74) is 1.84. The Morgan fingerprint density at radius 2 is 1.97 bits per heavy atom. The molecule has 0 unspecified atom stereocenters. The number of amides is 1. The molecule has 0 aliphatic carbocycles. The first-order chi connectivity index (χ1) is 14.7. The van der Waals surface area contributed by atoms with Crippen LogP contribution in [0.15, 0.2) is 60.1 Å². The van der Waals surface area contributed by atoms with Crippen LogP contribution in [0.1, 0.15) is 10.6 Å². The van der Waals surface area contributed by atoms with Crippen molar-refractivity contribution < 1.29 is 14.3 Å². The van der Waals surface area contributed by atoms with Crippen LogP contribution in [0, 0.1) is 0 Å². The molecule has 0 N–H and O–H groups in total. The van der Waals surface area contributed by atoms with Gasteiger partial charge in [0.25, 0.3) is 0 Å². The zero-order valence-corrected chi connectivity index (χ0v) is 17.8. The van der Waals surface area contributed by atoms with E-state index in [0.717, 1.165) is 35.0 Å². The molecular weight excluding hydrogens is 398 g/mol. The Hall–Kier alpha value is -2.90. The molecule has 0 bridgehead atoms. The summed E-state index contributed by atoms with van der Waals surface area (Å²) < 4.78 is 11.3. The van der Waals surface area contributed by atoms with E-state index < -0.39 is 0 Å². The Bertz CT molecular complexity index is 963. The molecule has 0 radical (unpaired) electrons. The van der Waals surface area contributed by atoms with Gasteiger partial charge in [0, 0.05) is 41.5 Å². The molecule has 6 nitrogen and oxygen atoms in total. The Kier molecular flexibility index (Phi) is 6.61. The zero-order valence-electron chi connectivity index (χ0n) is 17.0. The number of hydrogen-bond acceptors (Lipinski definition) is 6. The van der Waals surface area contributed by atoms with E-state index in [1.54, 1.807) is 17.5 Å². The number of carbonyl (C=O) groups excluding carboxylic acids is 1. The molecule has 30 heavy (non-hydrogen) atoms. The van der Waals surface area contributed by atoms with Gasteiger partial charge in [-0.1, -0.05) is 12.1 Å². The number of ether oxygens (including phenoxy) is 2. The number of aromatic nitrogens is 1. The highest BCUT2D eigenvalue weighted by Crippen LogP contribution is 2.34. The third-order valence-corrected chi connectivity index (χ3v) is 5.77. The summed E-state index contributed by atoms with van der Waals surface area (Å²) in [5.74, 6) is 1.45. The second-order valence-corrected chi connectivity index (χ2v) is 8.23. The average Bonchev–Trinajstić information content (AvgIpc) is 3.30. The zero-order chi connectivity index (χ0) is 20.8. The van der Waals surface area contributed by atoms with Gasteiger partial charge in [0.05, 0.1) is 13.1 Å². The molecule has 0 fully saturated rings. The van der Waals surface area contributed by atoms with Crippen molar-refractivity contribution in [2.75, 3.05) is 38.3 Å². The monoisotopic (exact) mass is 423 g/mol. The first kappa shape index (κ1) is 20.4. The van der Waals surface area contributed by atoms with E-state index in [0.29, 0.717) is 32.1 Å². The van der Waals surface area contributed by atoms with Crippen molar-refractivity contribution in [2.24, 2.45) is 0 Å². The first-order valence-electron chi connectivity index (χ1n) is 10.00. The van der Waals surface area contributed by atoms with Crippen LogP contribution in [0.2, 0.25) is 0 Å². The normalized spacial score (nSPS) is 12.7. The van der Waals surface area contributed by atoms with Gasteiger partial charge in [0.1, 0.15) is 13.2 Å². The lowest BCUT2D eigenvalue weighted by molar-refractivity contribution is -0.119. The Morgan fingerprint density at radius 1 is 1.10 bits per heavy atom. The predicted molar refractivity (Wildman–Crippen MR) is 118 cm³/mol. The molecule has 4 rings (SSSR count). The molecule has 3 aromatic rings. The van der Waals surface area contributed by atoms with Crippen LogP contribution in [-0.4, -0.2) is 49.1 Å². The summed E-state index contributed by atoms with van der Waals surface area (Å²) in [7, 11) is 1.97. The van der Waals surface area contributed by atoms with Crippen molar-refractivity contribution in [1.29, 1.82) is 0 Å². The first-order valence-corrected chi connectivity index (χ1v) is 10.9. The highest BCUT2D eigenvalue weighted by Gasteiger charge is 2.21. The number of carbonyl (C=O) groups is 1. The standard InChI is InChI=1S/C23H25N3O3S/c1-25(11-9-18-5-2-3-10-24-18)17-23(27)26(16-20-6-4-14-30-20)19-7-8-21-22(15-19)29-13-12-28-21/h2-8,10,14-15H,9,11-13,16-17H2,1H3. The van der Waals surface area contributed by atoms with Gasteiger partial charge >= 0.3 is 0 Å². The molecule has 1 aromatic carbocycles. The number of likely N-dealkylation sites (N-methyl/N-ethyl adjacent to an activating group) is 1. The van der Waals surface area contributed by atoms with Crippen molar-refractivity contribution in [2.45, 2.75) is 13.0 Å². The van der Waals surface area contributed by atoms with Crippen LogP contribution in [0.4, 0.5) is 5.69 Å². The average molecular weight is 424 g/mol.